The van der Waals surface area contributed by atoms with Gasteiger partial charge in [0.05, 0.1) is 7.11 Å². The number of hydrogen-bond acceptors (Lipinski definition) is 3. The van der Waals surface area contributed by atoms with Crippen LogP contribution in [-0.4, -0.2) is 17.2 Å². The number of para-hydroxylation sites is 1. The van der Waals surface area contributed by atoms with E-state index in [-0.39, 0.29) is 5.75 Å². The topological polar surface area (TPSA) is 42.4 Å². The lowest BCUT2D eigenvalue weighted by molar-refractivity contribution is 0.419. The fourth-order valence-corrected chi connectivity index (χ4v) is 2.49. The third kappa shape index (κ3) is 2.06. The Balaban J connectivity index is 2.34. The summed E-state index contributed by atoms with van der Waals surface area (Å²) < 4.78 is 5.33. The van der Waals surface area contributed by atoms with Gasteiger partial charge < -0.3 is 9.84 Å². The molecule has 0 unspecified atom stereocenters. The van der Waals surface area contributed by atoms with Crippen molar-refractivity contribution in [1.29, 1.82) is 0 Å². The van der Waals surface area contributed by atoms with E-state index in [9.17, 15) is 5.11 Å². The fraction of sp³-hybridized carbons (Fsp3) is 0.0625. The molecule has 1 N–H and O–H groups in total. The molecule has 0 aliphatic carbocycles. The predicted molar refractivity (Wildman–Crippen MR) is 80.4 cm³/mol. The Labute approximate surface area is 121 Å². The predicted octanol–water partition coefficient (Wildman–Crippen LogP) is 4.27. The normalized spacial score (nSPS) is 10.7. The first-order chi connectivity index (χ1) is 9.70. The molecule has 3 nitrogen and oxygen atoms in total. The highest BCUT2D eigenvalue weighted by molar-refractivity contribution is 6.33. The minimum Gasteiger partial charge on any atom is -0.508 e. The largest absolute Gasteiger partial charge is 0.508 e. The molecule has 20 heavy (non-hydrogen) atoms. The maximum absolute atomic E-state index is 9.67. The number of aromatic nitrogens is 1. The Kier molecular flexibility index (Phi) is 3.20. The number of benzene rings is 2. The number of halogens is 1. The van der Waals surface area contributed by atoms with Crippen molar-refractivity contribution < 1.29 is 9.84 Å². The van der Waals surface area contributed by atoms with Gasteiger partial charge in [0, 0.05) is 22.2 Å². The van der Waals surface area contributed by atoms with Crippen molar-refractivity contribution in [2.45, 2.75) is 0 Å². The quantitative estimate of drug-likeness (QED) is 0.764. The average molecular weight is 286 g/mol. The van der Waals surface area contributed by atoms with Gasteiger partial charge in [-0.2, -0.15) is 0 Å². The lowest BCUT2D eigenvalue weighted by atomic mass is 10.0. The Morgan fingerprint density at radius 3 is 2.75 bits per heavy atom. The summed E-state index contributed by atoms with van der Waals surface area (Å²) >= 11 is 6.24. The molecular weight excluding hydrogens is 274 g/mol. The van der Waals surface area contributed by atoms with E-state index in [4.69, 9.17) is 16.3 Å². The highest BCUT2D eigenvalue weighted by Gasteiger charge is 2.11. The molecule has 0 aliphatic rings. The van der Waals surface area contributed by atoms with Gasteiger partial charge in [-0.3, -0.25) is 4.98 Å². The van der Waals surface area contributed by atoms with Crippen LogP contribution >= 0.6 is 11.6 Å². The van der Waals surface area contributed by atoms with E-state index in [2.05, 4.69) is 4.98 Å². The smallest absolute Gasteiger partial charge is 0.145 e. The van der Waals surface area contributed by atoms with Crippen LogP contribution in [0.1, 0.15) is 0 Å². The molecule has 0 saturated carbocycles. The first kappa shape index (κ1) is 12.8. The van der Waals surface area contributed by atoms with E-state index in [0.717, 1.165) is 22.0 Å². The monoisotopic (exact) mass is 285 g/mol. The lowest BCUT2D eigenvalue weighted by Gasteiger charge is -2.10. The third-order valence-corrected chi connectivity index (χ3v) is 3.52. The molecule has 1 aromatic heterocycles. The van der Waals surface area contributed by atoms with E-state index in [1.807, 2.05) is 24.3 Å². The molecule has 2 aromatic carbocycles. The van der Waals surface area contributed by atoms with Crippen LogP contribution < -0.4 is 4.74 Å². The fourth-order valence-electron chi connectivity index (χ4n) is 2.27. The highest BCUT2D eigenvalue weighted by Crippen LogP contribution is 2.36. The summed E-state index contributed by atoms with van der Waals surface area (Å²) in [6.07, 6.45) is 1.71. The summed E-state index contributed by atoms with van der Waals surface area (Å²) in [6.45, 7) is 0. The van der Waals surface area contributed by atoms with Crippen LogP contribution in [0.25, 0.3) is 22.0 Å². The van der Waals surface area contributed by atoms with Crippen LogP contribution in [0, 0.1) is 0 Å². The van der Waals surface area contributed by atoms with Crippen molar-refractivity contribution in [1.82, 2.24) is 4.98 Å². The zero-order valence-electron chi connectivity index (χ0n) is 10.8. The molecule has 0 saturated heterocycles. The van der Waals surface area contributed by atoms with Crippen molar-refractivity contribution >= 4 is 22.5 Å². The number of phenols is 1. The number of phenolic OH excluding ortho intramolecular Hbond substituents is 1. The van der Waals surface area contributed by atoms with E-state index in [1.165, 1.54) is 0 Å². The molecule has 0 spiro atoms. The second-order valence-electron chi connectivity index (χ2n) is 4.38. The molecular formula is C16H12ClNO2. The number of pyridine rings is 1. The molecule has 0 aliphatic heterocycles. The van der Waals surface area contributed by atoms with E-state index < -0.39 is 0 Å². The number of rotatable bonds is 2. The summed E-state index contributed by atoms with van der Waals surface area (Å²) in [5.41, 5.74) is 2.45. The SMILES string of the molecule is COc1cccc2c(-c3cc(O)ccc3Cl)ccnc12. The van der Waals surface area contributed by atoms with Crippen LogP contribution in [0.3, 0.4) is 0 Å². The number of fused-ring (bicyclic) bond motifs is 1. The van der Waals surface area contributed by atoms with Crippen LogP contribution in [0.4, 0.5) is 0 Å². The lowest BCUT2D eigenvalue weighted by Crippen LogP contribution is -1.90. The van der Waals surface area contributed by atoms with Crippen molar-refractivity contribution in [3.8, 4) is 22.6 Å². The Morgan fingerprint density at radius 1 is 1.10 bits per heavy atom. The van der Waals surface area contributed by atoms with Crippen LogP contribution in [-0.2, 0) is 0 Å². The molecule has 0 bridgehead atoms. The number of nitrogens with zero attached hydrogens (tertiary/aromatic N) is 1. The second-order valence-corrected chi connectivity index (χ2v) is 4.79. The molecule has 0 radical (unpaired) electrons. The number of ether oxygens (including phenoxy) is 1. The molecule has 0 fully saturated rings. The minimum atomic E-state index is 0.178. The highest BCUT2D eigenvalue weighted by atomic mass is 35.5. The molecule has 3 aromatic rings. The van der Waals surface area contributed by atoms with Gasteiger partial charge in [0.2, 0.25) is 0 Å². The summed E-state index contributed by atoms with van der Waals surface area (Å²) in [4.78, 5) is 4.36. The number of methoxy groups -OCH3 is 1. The van der Waals surface area contributed by atoms with Crippen molar-refractivity contribution in [2.75, 3.05) is 7.11 Å². The van der Waals surface area contributed by atoms with E-state index >= 15 is 0 Å². The molecule has 0 atom stereocenters. The molecule has 3 rings (SSSR count). The van der Waals surface area contributed by atoms with Gasteiger partial charge in [0.25, 0.3) is 0 Å². The van der Waals surface area contributed by atoms with Gasteiger partial charge in [-0.25, -0.2) is 0 Å². The average Bonchev–Trinajstić information content (AvgIpc) is 2.48. The Morgan fingerprint density at radius 2 is 1.95 bits per heavy atom. The zero-order valence-corrected chi connectivity index (χ0v) is 11.6. The summed E-state index contributed by atoms with van der Waals surface area (Å²) in [7, 11) is 1.62. The van der Waals surface area contributed by atoms with Gasteiger partial charge in [-0.05, 0) is 35.9 Å². The number of hydrogen-bond donors (Lipinski definition) is 1. The van der Waals surface area contributed by atoms with Crippen LogP contribution in [0.5, 0.6) is 11.5 Å². The van der Waals surface area contributed by atoms with Gasteiger partial charge in [-0.1, -0.05) is 23.7 Å². The van der Waals surface area contributed by atoms with E-state index in [1.54, 1.807) is 31.5 Å². The maximum atomic E-state index is 9.67. The zero-order chi connectivity index (χ0) is 14.1. The van der Waals surface area contributed by atoms with Crippen molar-refractivity contribution in [3.05, 3.63) is 53.7 Å². The first-order valence-electron chi connectivity index (χ1n) is 6.11. The van der Waals surface area contributed by atoms with Crippen LogP contribution in [0.2, 0.25) is 5.02 Å². The standard InChI is InChI=1S/C16H12ClNO2/c1-20-15-4-2-3-12-11(7-8-18-16(12)15)13-9-10(19)5-6-14(13)17/h2-9,19H,1H3. The third-order valence-electron chi connectivity index (χ3n) is 3.19. The first-order valence-corrected chi connectivity index (χ1v) is 6.49. The Hall–Kier alpha value is -2.26. The van der Waals surface area contributed by atoms with Gasteiger partial charge >= 0.3 is 0 Å². The van der Waals surface area contributed by atoms with E-state index in [0.29, 0.717) is 10.8 Å². The second kappa shape index (κ2) is 5.02. The molecule has 1 heterocycles. The molecule has 100 valence electrons. The van der Waals surface area contributed by atoms with Crippen LogP contribution in [0.15, 0.2) is 48.7 Å². The summed E-state index contributed by atoms with van der Waals surface area (Å²) in [5, 5.41) is 11.2. The van der Waals surface area contributed by atoms with Gasteiger partial charge in [0.15, 0.2) is 0 Å². The summed E-state index contributed by atoms with van der Waals surface area (Å²) in [5.74, 6) is 0.887. The molecule has 0 amide bonds. The minimum absolute atomic E-state index is 0.178. The Bertz CT molecular complexity index is 787. The van der Waals surface area contributed by atoms with Crippen molar-refractivity contribution in [2.24, 2.45) is 0 Å². The van der Waals surface area contributed by atoms with Gasteiger partial charge in [-0.15, -0.1) is 0 Å². The van der Waals surface area contributed by atoms with Crippen molar-refractivity contribution in [3.63, 3.8) is 0 Å². The molecule has 4 heteroatoms. The maximum Gasteiger partial charge on any atom is 0.145 e. The summed E-state index contributed by atoms with van der Waals surface area (Å²) in [6, 6.07) is 12.5. The number of aromatic hydroxyl groups is 1. The van der Waals surface area contributed by atoms with Gasteiger partial charge in [0.1, 0.15) is 17.0 Å².